The van der Waals surface area contributed by atoms with Crippen LogP contribution in [0, 0.1) is 0 Å². The van der Waals surface area contributed by atoms with Gasteiger partial charge >= 0.3 is 6.09 Å². The zero-order valence-corrected chi connectivity index (χ0v) is 10.4. The van der Waals surface area contributed by atoms with Crippen LogP contribution in [0.25, 0.3) is 0 Å². The van der Waals surface area contributed by atoms with Crippen molar-refractivity contribution in [2.24, 2.45) is 5.84 Å². The summed E-state index contributed by atoms with van der Waals surface area (Å²) in [6.45, 7) is 5.75. The molecule has 17 heavy (non-hydrogen) atoms. The van der Waals surface area contributed by atoms with Crippen molar-refractivity contribution in [3.05, 3.63) is 5.70 Å². The van der Waals surface area contributed by atoms with Gasteiger partial charge in [-0.2, -0.15) is 0 Å². The molecule has 0 aromatic carbocycles. The second kappa shape index (κ2) is 5.31. The minimum absolute atomic E-state index is 0.00476. The maximum absolute atomic E-state index is 11.8. The summed E-state index contributed by atoms with van der Waals surface area (Å²) in [5, 5.41) is 0. The average Bonchev–Trinajstić information content (AvgIpc) is 2.25. The lowest BCUT2D eigenvalue weighted by atomic mass is 10.0. The van der Waals surface area contributed by atoms with E-state index < -0.39 is 11.7 Å². The fourth-order valence-corrected chi connectivity index (χ4v) is 1.62. The van der Waals surface area contributed by atoms with Gasteiger partial charge in [0.05, 0.1) is 0 Å². The van der Waals surface area contributed by atoms with Crippen LogP contribution in [-0.2, 0) is 9.53 Å². The monoisotopic (exact) mass is 241 g/mol. The van der Waals surface area contributed by atoms with Crippen molar-refractivity contribution in [1.82, 2.24) is 10.3 Å². The Balaban J connectivity index is 2.71. The Labute approximate surface area is 101 Å². The summed E-state index contributed by atoms with van der Waals surface area (Å²) in [7, 11) is 0. The Morgan fingerprint density at radius 2 is 2.24 bits per heavy atom. The number of carbonyl (C=O) groups excluding carboxylic acids is 2. The molecule has 0 radical (unpaired) electrons. The van der Waals surface area contributed by atoms with Crippen molar-refractivity contribution in [1.29, 1.82) is 0 Å². The summed E-state index contributed by atoms with van der Waals surface area (Å²) in [6, 6.07) is 0.00476. The van der Waals surface area contributed by atoms with Crippen molar-refractivity contribution in [3.8, 4) is 0 Å². The van der Waals surface area contributed by atoms with Crippen LogP contribution in [0.15, 0.2) is 5.70 Å². The zero-order valence-electron chi connectivity index (χ0n) is 10.4. The van der Waals surface area contributed by atoms with E-state index in [1.54, 1.807) is 26.7 Å². The number of nitrogens with zero attached hydrogens (tertiary/aromatic N) is 1. The molecule has 1 heterocycles. The minimum atomic E-state index is -0.575. The number of nitrogens with two attached hydrogens (primary N) is 1. The first-order valence-corrected chi connectivity index (χ1v) is 5.58. The third-order valence-corrected chi connectivity index (χ3v) is 2.43. The number of nitrogens with one attached hydrogen (secondary N) is 1. The van der Waals surface area contributed by atoms with Gasteiger partial charge in [-0.05, 0) is 27.2 Å². The Bertz CT molecular complexity index is 342. The molecule has 1 saturated heterocycles. The summed E-state index contributed by atoms with van der Waals surface area (Å²) in [4.78, 5) is 24.0. The van der Waals surface area contributed by atoms with Crippen molar-refractivity contribution in [3.63, 3.8) is 0 Å². The number of rotatable bonds is 1. The van der Waals surface area contributed by atoms with E-state index in [4.69, 9.17) is 10.6 Å². The predicted molar refractivity (Wildman–Crippen MR) is 62.5 cm³/mol. The van der Waals surface area contributed by atoms with Crippen LogP contribution in [0.4, 0.5) is 4.79 Å². The fraction of sp³-hybridized carbons (Fsp3) is 0.727. The normalized spacial score (nSPS) is 21.1. The van der Waals surface area contributed by atoms with Gasteiger partial charge in [-0.3, -0.25) is 16.2 Å². The van der Waals surface area contributed by atoms with Crippen molar-refractivity contribution < 1.29 is 14.3 Å². The highest BCUT2D eigenvalue weighted by molar-refractivity contribution is 5.74. The molecule has 1 amide bonds. The van der Waals surface area contributed by atoms with Gasteiger partial charge in [0.2, 0.25) is 0 Å². The van der Waals surface area contributed by atoms with E-state index in [1.165, 1.54) is 4.90 Å². The van der Waals surface area contributed by atoms with E-state index in [2.05, 4.69) is 5.43 Å². The molecule has 1 atom stereocenters. The predicted octanol–water partition coefficient (Wildman–Crippen LogP) is 0.565. The van der Waals surface area contributed by atoms with Gasteiger partial charge in [0, 0.05) is 19.0 Å². The quantitative estimate of drug-likeness (QED) is 0.398. The highest BCUT2D eigenvalue weighted by Gasteiger charge is 2.30. The Morgan fingerprint density at radius 1 is 1.59 bits per heavy atom. The first-order chi connectivity index (χ1) is 7.87. The van der Waals surface area contributed by atoms with E-state index >= 15 is 0 Å². The SMILES string of the molecule is CC(C)(C)OC(=O)N1CCC(NN)CC1=C=O. The van der Waals surface area contributed by atoms with E-state index in [0.717, 1.165) is 0 Å². The summed E-state index contributed by atoms with van der Waals surface area (Å²) < 4.78 is 5.21. The molecule has 3 N–H and O–H groups in total. The molecule has 1 aliphatic heterocycles. The number of hydrogen-bond acceptors (Lipinski definition) is 5. The summed E-state index contributed by atoms with van der Waals surface area (Å²) in [5.41, 5.74) is 2.31. The summed E-state index contributed by atoms with van der Waals surface area (Å²) in [6.07, 6.45) is 0.562. The van der Waals surface area contributed by atoms with Gasteiger partial charge in [0.1, 0.15) is 17.2 Å². The lowest BCUT2D eigenvalue weighted by molar-refractivity contribution is 0.0278. The van der Waals surface area contributed by atoms with Crippen LogP contribution in [0.5, 0.6) is 0 Å². The number of hydrogen-bond donors (Lipinski definition) is 2. The van der Waals surface area contributed by atoms with Crippen LogP contribution in [0.2, 0.25) is 0 Å². The molecule has 6 nitrogen and oxygen atoms in total. The largest absolute Gasteiger partial charge is 0.443 e. The maximum atomic E-state index is 11.8. The Kier molecular flexibility index (Phi) is 4.28. The smallest absolute Gasteiger partial charge is 0.415 e. The number of likely N-dealkylation sites (tertiary alicyclic amines) is 1. The fourth-order valence-electron chi connectivity index (χ4n) is 1.62. The van der Waals surface area contributed by atoms with Crippen LogP contribution < -0.4 is 11.3 Å². The van der Waals surface area contributed by atoms with Crippen LogP contribution >= 0.6 is 0 Å². The Morgan fingerprint density at radius 3 is 2.71 bits per heavy atom. The summed E-state index contributed by atoms with van der Waals surface area (Å²) in [5.74, 6) is 7.10. The Hall–Kier alpha value is -1.36. The molecule has 0 aromatic rings. The highest BCUT2D eigenvalue weighted by Crippen LogP contribution is 2.21. The van der Waals surface area contributed by atoms with Gasteiger partial charge in [-0.25, -0.2) is 9.59 Å². The first-order valence-electron chi connectivity index (χ1n) is 5.58. The third-order valence-electron chi connectivity index (χ3n) is 2.43. The summed E-state index contributed by atoms with van der Waals surface area (Å²) >= 11 is 0. The van der Waals surface area contributed by atoms with Gasteiger partial charge in [0.15, 0.2) is 0 Å². The molecule has 1 rings (SSSR count). The first kappa shape index (κ1) is 13.7. The molecule has 0 aromatic heterocycles. The highest BCUT2D eigenvalue weighted by atomic mass is 16.6. The molecule has 0 bridgehead atoms. The van der Waals surface area contributed by atoms with Crippen molar-refractivity contribution in [2.75, 3.05) is 6.54 Å². The molecule has 96 valence electrons. The van der Waals surface area contributed by atoms with E-state index in [1.807, 2.05) is 0 Å². The molecular weight excluding hydrogens is 222 g/mol. The van der Waals surface area contributed by atoms with E-state index in [0.29, 0.717) is 19.4 Å². The number of hydrazine groups is 1. The molecular formula is C11H19N3O3. The number of amides is 1. The molecule has 1 fully saturated rings. The molecule has 6 heteroatoms. The average molecular weight is 241 g/mol. The van der Waals surface area contributed by atoms with E-state index in [-0.39, 0.29) is 11.7 Å². The topological polar surface area (TPSA) is 84.7 Å². The molecule has 1 aliphatic rings. The number of piperidine rings is 1. The molecule has 0 spiro atoms. The second-order valence-corrected chi connectivity index (χ2v) is 5.04. The number of carbonyl (C=O) groups is 1. The zero-order chi connectivity index (χ0) is 13.1. The van der Waals surface area contributed by atoms with Crippen LogP contribution in [0.3, 0.4) is 0 Å². The minimum Gasteiger partial charge on any atom is -0.443 e. The van der Waals surface area contributed by atoms with Crippen LogP contribution in [-0.4, -0.2) is 35.1 Å². The van der Waals surface area contributed by atoms with Crippen LogP contribution in [0.1, 0.15) is 33.6 Å². The van der Waals surface area contributed by atoms with Gasteiger partial charge in [0.25, 0.3) is 0 Å². The molecule has 0 aliphatic carbocycles. The molecule has 0 saturated carbocycles. The lowest BCUT2D eigenvalue weighted by Crippen LogP contribution is -2.47. The van der Waals surface area contributed by atoms with Gasteiger partial charge in [-0.1, -0.05) is 0 Å². The maximum Gasteiger partial charge on any atom is 0.415 e. The second-order valence-electron chi connectivity index (χ2n) is 5.04. The van der Waals surface area contributed by atoms with Crippen molar-refractivity contribution >= 4 is 12.0 Å². The number of ether oxygens (including phenoxy) is 1. The van der Waals surface area contributed by atoms with Crippen molar-refractivity contribution in [2.45, 2.75) is 45.3 Å². The standard InChI is InChI=1S/C11H19N3O3/c1-11(2,3)17-10(16)14-5-4-8(13-12)6-9(14)7-15/h8,13H,4-6,12H2,1-3H3. The molecule has 1 unspecified atom stereocenters. The van der Waals surface area contributed by atoms with E-state index in [9.17, 15) is 9.59 Å². The third kappa shape index (κ3) is 3.85. The van der Waals surface area contributed by atoms with Gasteiger partial charge < -0.3 is 4.74 Å². The van der Waals surface area contributed by atoms with Gasteiger partial charge in [-0.15, -0.1) is 0 Å². The lowest BCUT2D eigenvalue weighted by Gasteiger charge is -2.33.